The Morgan fingerprint density at radius 2 is 1.77 bits per heavy atom. The van der Waals surface area contributed by atoms with E-state index in [0.29, 0.717) is 66.1 Å². The molecule has 0 amide bonds. The first kappa shape index (κ1) is 37.5. The van der Waals surface area contributed by atoms with Gasteiger partial charge in [0.2, 0.25) is 0 Å². The SMILES string of the molecule is COc1cc2nc(CCn3c(=O)n4n(c3=O)[C@@H](/C=C3\CCC[C@]5(C)[C@@H]([C@H](C)CCCC(C)C)CC[C@@H]35)C3=C(CC[C@H](O)C3)C4)c(=O)n(C)c2cc1OC. The zero-order valence-electron chi connectivity index (χ0n) is 32.8. The van der Waals surface area contributed by atoms with Crippen molar-refractivity contribution in [1.29, 1.82) is 0 Å². The molecule has 0 radical (unpaired) electrons. The van der Waals surface area contributed by atoms with Crippen LogP contribution in [0.25, 0.3) is 11.0 Å². The standard InChI is InChI=1S/C42H59N5O6/c1-25(2)10-8-11-26(3)31-15-16-32-27(12-9-18-42(31,32)4)20-35-30-21-29(48)14-13-28(30)24-46-40(50)45(41(51)47(35)46)19-17-33-39(49)44(5)36-23-38(53-7)37(52-6)22-34(36)43-33/h20,22-23,25-26,29,31-32,35,48H,8-19,21,24H2,1-7H3/b27-20+/t26-,29+,31-,32+,35+,42-/m1/s1. The third-order valence-electron chi connectivity index (χ3n) is 13.5. The summed E-state index contributed by atoms with van der Waals surface area (Å²) in [5.41, 5.74) is 4.27. The van der Waals surface area contributed by atoms with Crippen molar-refractivity contribution in [2.75, 3.05) is 14.2 Å². The van der Waals surface area contributed by atoms with E-state index in [4.69, 9.17) is 9.47 Å². The van der Waals surface area contributed by atoms with E-state index in [0.717, 1.165) is 36.3 Å². The van der Waals surface area contributed by atoms with E-state index in [2.05, 4.69) is 38.8 Å². The molecule has 53 heavy (non-hydrogen) atoms. The van der Waals surface area contributed by atoms with Crippen LogP contribution in [0.2, 0.25) is 0 Å². The molecule has 0 saturated heterocycles. The number of nitrogens with zero attached hydrogens (tertiary/aromatic N) is 5. The highest BCUT2D eigenvalue weighted by atomic mass is 16.5. The van der Waals surface area contributed by atoms with Gasteiger partial charge in [-0.3, -0.25) is 4.79 Å². The van der Waals surface area contributed by atoms with Gasteiger partial charge in [-0.05, 0) is 91.6 Å². The molecule has 2 aromatic heterocycles. The molecule has 3 aliphatic carbocycles. The fraction of sp³-hybridized carbons (Fsp3) is 0.667. The minimum absolute atomic E-state index is 0.0271. The highest BCUT2D eigenvalue weighted by molar-refractivity contribution is 5.79. The van der Waals surface area contributed by atoms with E-state index in [1.165, 1.54) is 46.8 Å². The molecule has 1 aliphatic heterocycles. The maximum absolute atomic E-state index is 14.4. The fourth-order valence-electron chi connectivity index (χ4n) is 10.7. The number of aliphatic hydroxyl groups excluding tert-OH is 1. The van der Waals surface area contributed by atoms with Crippen LogP contribution in [0.4, 0.5) is 0 Å². The average molecular weight is 730 g/mol. The van der Waals surface area contributed by atoms with Gasteiger partial charge >= 0.3 is 11.4 Å². The van der Waals surface area contributed by atoms with Crippen LogP contribution in [-0.4, -0.2) is 48.9 Å². The van der Waals surface area contributed by atoms with Crippen molar-refractivity contribution in [3.8, 4) is 11.5 Å². The molecule has 1 N–H and O–H groups in total. The Balaban J connectivity index is 1.22. The molecule has 11 heteroatoms. The number of allylic oxidation sites excluding steroid dienone is 3. The third kappa shape index (κ3) is 6.65. The first-order valence-corrected chi connectivity index (χ1v) is 20.0. The lowest BCUT2D eigenvalue weighted by Crippen LogP contribution is -2.39. The second kappa shape index (κ2) is 14.8. The minimum Gasteiger partial charge on any atom is -0.493 e. The van der Waals surface area contributed by atoms with Crippen LogP contribution in [0, 0.1) is 29.1 Å². The van der Waals surface area contributed by atoms with Gasteiger partial charge in [-0.2, -0.15) is 0 Å². The molecule has 2 fully saturated rings. The second-order valence-corrected chi connectivity index (χ2v) is 17.1. The van der Waals surface area contributed by atoms with Gasteiger partial charge in [-0.15, -0.1) is 0 Å². The topological polar surface area (TPSA) is 123 Å². The van der Waals surface area contributed by atoms with Gasteiger partial charge in [0.25, 0.3) is 5.56 Å². The number of methoxy groups -OCH3 is 2. The number of aromatic nitrogens is 5. The zero-order valence-corrected chi connectivity index (χ0v) is 32.8. The van der Waals surface area contributed by atoms with E-state index < -0.39 is 12.1 Å². The highest BCUT2D eigenvalue weighted by Gasteiger charge is 2.51. The van der Waals surface area contributed by atoms with E-state index in [1.54, 1.807) is 42.8 Å². The van der Waals surface area contributed by atoms with Gasteiger partial charge in [0.15, 0.2) is 11.5 Å². The van der Waals surface area contributed by atoms with Crippen LogP contribution < -0.4 is 26.4 Å². The lowest BCUT2D eigenvalue weighted by atomic mass is 9.60. The summed E-state index contributed by atoms with van der Waals surface area (Å²) in [6.45, 7) is 9.99. The van der Waals surface area contributed by atoms with Crippen LogP contribution >= 0.6 is 0 Å². The molecule has 0 bridgehead atoms. The summed E-state index contributed by atoms with van der Waals surface area (Å²) >= 11 is 0. The number of hydrogen-bond donors (Lipinski definition) is 1. The van der Waals surface area contributed by atoms with Gasteiger partial charge in [0.1, 0.15) is 5.69 Å². The predicted molar refractivity (Wildman–Crippen MR) is 207 cm³/mol. The number of rotatable bonds is 11. The van der Waals surface area contributed by atoms with Crippen molar-refractivity contribution in [3.63, 3.8) is 0 Å². The van der Waals surface area contributed by atoms with Crippen molar-refractivity contribution >= 4 is 11.0 Å². The summed E-state index contributed by atoms with van der Waals surface area (Å²) in [5, 5.41) is 10.9. The number of aliphatic hydroxyl groups is 1. The molecule has 1 aromatic carbocycles. The van der Waals surface area contributed by atoms with Gasteiger partial charge in [0.05, 0.1) is 43.9 Å². The normalized spacial score (nSPS) is 26.9. The monoisotopic (exact) mass is 729 g/mol. The van der Waals surface area contributed by atoms with Crippen LogP contribution in [0.1, 0.15) is 110 Å². The molecule has 3 heterocycles. The molecular weight excluding hydrogens is 670 g/mol. The number of benzene rings is 1. The van der Waals surface area contributed by atoms with Crippen molar-refractivity contribution in [2.24, 2.45) is 36.1 Å². The summed E-state index contributed by atoms with van der Waals surface area (Å²) in [6, 6.07) is 3.04. The minimum atomic E-state index is -0.460. The molecule has 6 atom stereocenters. The Morgan fingerprint density at radius 1 is 1.02 bits per heavy atom. The largest absolute Gasteiger partial charge is 0.493 e. The Labute approximate surface area is 312 Å². The molecule has 0 unspecified atom stereocenters. The zero-order chi connectivity index (χ0) is 37.8. The van der Waals surface area contributed by atoms with Gasteiger partial charge < -0.3 is 19.1 Å². The smallest absolute Gasteiger partial charge is 0.348 e. The highest BCUT2D eigenvalue weighted by Crippen LogP contribution is 2.60. The molecule has 2 saturated carbocycles. The predicted octanol–water partition coefficient (Wildman–Crippen LogP) is 6.32. The summed E-state index contributed by atoms with van der Waals surface area (Å²) in [4.78, 5) is 46.7. The van der Waals surface area contributed by atoms with E-state index >= 15 is 0 Å². The lowest BCUT2D eigenvalue weighted by Gasteiger charge is -2.45. The summed E-state index contributed by atoms with van der Waals surface area (Å²) in [7, 11) is 4.77. The van der Waals surface area contributed by atoms with E-state index in [1.807, 2.05) is 0 Å². The quantitative estimate of drug-likeness (QED) is 0.229. The van der Waals surface area contributed by atoms with Gasteiger partial charge in [-0.1, -0.05) is 58.6 Å². The van der Waals surface area contributed by atoms with Crippen LogP contribution in [-0.2, 0) is 26.6 Å². The lowest BCUT2D eigenvalue weighted by molar-refractivity contribution is 0.0922. The van der Waals surface area contributed by atoms with Crippen LogP contribution in [0.5, 0.6) is 11.5 Å². The first-order valence-electron chi connectivity index (χ1n) is 20.0. The summed E-state index contributed by atoms with van der Waals surface area (Å²) in [6.07, 6.45) is 13.5. The first-order chi connectivity index (χ1) is 25.4. The van der Waals surface area contributed by atoms with E-state index in [-0.39, 0.29) is 41.0 Å². The maximum Gasteiger partial charge on any atom is 0.348 e. The number of hydrogen-bond acceptors (Lipinski definition) is 7. The second-order valence-electron chi connectivity index (χ2n) is 17.1. The summed E-state index contributed by atoms with van der Waals surface area (Å²) in [5.74, 6) is 3.55. The molecule has 3 aromatic rings. The maximum atomic E-state index is 14.4. The van der Waals surface area contributed by atoms with E-state index in [9.17, 15) is 19.5 Å². The molecule has 288 valence electrons. The van der Waals surface area contributed by atoms with Gasteiger partial charge in [-0.25, -0.2) is 28.5 Å². The number of fused-ring (bicyclic) bond motifs is 3. The molecular formula is C42H59N5O6. The number of ether oxygens (including phenoxy) is 2. The average Bonchev–Trinajstić information content (AvgIpc) is 3.61. The molecule has 4 aliphatic rings. The number of aryl methyl sites for hydroxylation is 2. The Hall–Kier alpha value is -3.86. The fourth-order valence-corrected chi connectivity index (χ4v) is 10.7. The van der Waals surface area contributed by atoms with Crippen molar-refractivity contribution < 1.29 is 14.6 Å². The summed E-state index contributed by atoms with van der Waals surface area (Å²) < 4.78 is 17.0. The van der Waals surface area contributed by atoms with Crippen LogP contribution in [0.15, 0.2) is 49.3 Å². The third-order valence-corrected chi connectivity index (χ3v) is 13.5. The van der Waals surface area contributed by atoms with Crippen molar-refractivity contribution in [3.05, 3.63) is 71.9 Å². The van der Waals surface area contributed by atoms with Crippen molar-refractivity contribution in [2.45, 2.75) is 130 Å². The molecule has 7 rings (SSSR count). The Bertz CT molecular complexity index is 2120. The Kier molecular flexibility index (Phi) is 10.4. The van der Waals surface area contributed by atoms with Gasteiger partial charge in [0, 0.05) is 32.1 Å². The molecule has 11 nitrogen and oxygen atoms in total. The Morgan fingerprint density at radius 3 is 2.51 bits per heavy atom. The molecule has 0 spiro atoms. The van der Waals surface area contributed by atoms with Crippen LogP contribution in [0.3, 0.4) is 0 Å². The van der Waals surface area contributed by atoms with Crippen molar-refractivity contribution in [1.82, 2.24) is 23.5 Å².